The number of nitrogens with one attached hydrogen (secondary N) is 1. The molecule has 2 heterocycles. The van der Waals surface area contributed by atoms with Gasteiger partial charge < -0.3 is 10.4 Å². The first-order valence-corrected chi connectivity index (χ1v) is 12.6. The van der Waals surface area contributed by atoms with Gasteiger partial charge in [0.1, 0.15) is 11.6 Å². The smallest absolute Gasteiger partial charge is 0.133 e. The fourth-order valence-electron chi connectivity index (χ4n) is 7.73. The average molecular weight is 433 g/mol. The molecule has 0 saturated heterocycles. The van der Waals surface area contributed by atoms with Crippen molar-refractivity contribution in [1.29, 1.82) is 0 Å². The average Bonchev–Trinajstić information content (AvgIpc) is 2.76. The van der Waals surface area contributed by atoms with Gasteiger partial charge in [-0.25, -0.2) is 9.97 Å². The Morgan fingerprint density at radius 3 is 2.44 bits per heavy atom. The first-order valence-electron chi connectivity index (χ1n) is 12.6. The van der Waals surface area contributed by atoms with Crippen LogP contribution in [0.3, 0.4) is 0 Å². The highest BCUT2D eigenvalue weighted by Crippen LogP contribution is 2.61. The molecular weight excluding hydrogens is 396 g/mol. The maximum Gasteiger partial charge on any atom is 0.133 e. The molecule has 1 aliphatic heterocycles. The van der Waals surface area contributed by atoms with Crippen molar-refractivity contribution in [3.63, 3.8) is 0 Å². The van der Waals surface area contributed by atoms with Gasteiger partial charge in [0, 0.05) is 31.7 Å². The number of rotatable bonds is 6. The lowest BCUT2D eigenvalue weighted by Crippen LogP contribution is -2.53. The number of fused-ring (bicyclic) bond motifs is 1. The van der Waals surface area contributed by atoms with Crippen LogP contribution in [0.1, 0.15) is 61.2 Å². The number of hydrogen-bond acceptors (Lipinski definition) is 5. The minimum absolute atomic E-state index is 0.149. The van der Waals surface area contributed by atoms with E-state index in [4.69, 9.17) is 9.97 Å². The fraction of sp³-hybridized carbons (Fsp3) is 0.630. The normalized spacial score (nSPS) is 32.0. The minimum Gasteiger partial charge on any atom is -0.391 e. The van der Waals surface area contributed by atoms with Crippen molar-refractivity contribution in [2.45, 2.75) is 71.1 Å². The molecule has 5 aliphatic rings. The summed E-state index contributed by atoms with van der Waals surface area (Å²) >= 11 is 0. The van der Waals surface area contributed by atoms with E-state index in [1.54, 1.807) is 0 Å². The number of anilines is 1. The van der Waals surface area contributed by atoms with Crippen LogP contribution < -0.4 is 5.32 Å². The van der Waals surface area contributed by atoms with E-state index < -0.39 is 0 Å². The van der Waals surface area contributed by atoms with Crippen LogP contribution in [0.2, 0.25) is 0 Å². The van der Waals surface area contributed by atoms with Crippen molar-refractivity contribution in [3.05, 3.63) is 53.0 Å². The van der Waals surface area contributed by atoms with E-state index in [9.17, 15) is 5.11 Å². The van der Waals surface area contributed by atoms with Gasteiger partial charge in [0.05, 0.1) is 11.8 Å². The zero-order valence-electron chi connectivity index (χ0n) is 19.3. The van der Waals surface area contributed by atoms with Gasteiger partial charge >= 0.3 is 0 Å². The van der Waals surface area contributed by atoms with Crippen molar-refractivity contribution >= 4 is 5.82 Å². The van der Waals surface area contributed by atoms with Crippen molar-refractivity contribution in [3.8, 4) is 0 Å². The molecule has 4 fully saturated rings. The van der Waals surface area contributed by atoms with Crippen molar-refractivity contribution in [2.75, 3.05) is 18.4 Å². The van der Waals surface area contributed by atoms with Gasteiger partial charge in [0.25, 0.3) is 0 Å². The molecule has 7 rings (SSSR count). The molecule has 170 valence electrons. The lowest BCUT2D eigenvalue weighted by Gasteiger charge is -2.58. The summed E-state index contributed by atoms with van der Waals surface area (Å²) in [6.45, 7) is 5.43. The van der Waals surface area contributed by atoms with Gasteiger partial charge in [-0.15, -0.1) is 0 Å². The Morgan fingerprint density at radius 2 is 1.75 bits per heavy atom. The monoisotopic (exact) mass is 432 g/mol. The molecule has 32 heavy (non-hydrogen) atoms. The lowest BCUT2D eigenvalue weighted by atomic mass is 9.48. The highest BCUT2D eigenvalue weighted by Gasteiger charge is 2.53. The molecular formula is C27H36N4O. The second kappa shape index (κ2) is 8.11. The van der Waals surface area contributed by atoms with Crippen LogP contribution in [-0.4, -0.2) is 39.2 Å². The number of aryl methyl sites for hydroxylation is 1. The molecule has 1 unspecified atom stereocenters. The van der Waals surface area contributed by atoms with Crippen LogP contribution in [-0.2, 0) is 19.5 Å². The Bertz CT molecular complexity index is 940. The maximum absolute atomic E-state index is 11.3. The molecule has 5 heteroatoms. The van der Waals surface area contributed by atoms with E-state index in [2.05, 4.69) is 40.5 Å². The van der Waals surface area contributed by atoms with Crippen molar-refractivity contribution in [2.24, 2.45) is 23.2 Å². The third kappa shape index (κ3) is 3.84. The summed E-state index contributed by atoms with van der Waals surface area (Å²) in [6, 6.07) is 10.7. The first kappa shape index (κ1) is 20.6. The predicted molar refractivity (Wildman–Crippen MR) is 126 cm³/mol. The number of hydrogen-bond donors (Lipinski definition) is 2. The molecule has 1 atom stereocenters. The van der Waals surface area contributed by atoms with E-state index in [1.165, 1.54) is 49.7 Å². The summed E-state index contributed by atoms with van der Waals surface area (Å²) in [5.74, 6) is 4.36. The molecule has 2 N–H and O–H groups in total. The van der Waals surface area contributed by atoms with E-state index >= 15 is 0 Å². The Labute approximate surface area is 191 Å². The quantitative estimate of drug-likeness (QED) is 0.711. The van der Waals surface area contributed by atoms with E-state index in [-0.39, 0.29) is 11.5 Å². The number of nitrogens with zero attached hydrogens (tertiary/aromatic N) is 3. The summed E-state index contributed by atoms with van der Waals surface area (Å²) in [4.78, 5) is 12.0. The van der Waals surface area contributed by atoms with Gasteiger partial charge in [-0.05, 0) is 80.6 Å². The molecule has 4 aliphatic carbocycles. The summed E-state index contributed by atoms with van der Waals surface area (Å²) in [5.41, 5.74) is 3.89. The first-order chi connectivity index (χ1) is 15.6. The lowest BCUT2D eigenvalue weighted by molar-refractivity contribution is -0.115. The van der Waals surface area contributed by atoms with Crippen LogP contribution in [0.15, 0.2) is 30.3 Å². The Balaban J connectivity index is 1.15. The third-order valence-electron chi connectivity index (χ3n) is 8.76. The summed E-state index contributed by atoms with van der Waals surface area (Å²) in [5, 5.41) is 14.9. The molecule has 0 radical (unpaired) electrons. The predicted octanol–water partition coefficient (Wildman–Crippen LogP) is 4.33. The van der Waals surface area contributed by atoms with Crippen LogP contribution in [0.5, 0.6) is 0 Å². The highest BCUT2D eigenvalue weighted by molar-refractivity contribution is 5.48. The number of aromatic nitrogens is 2. The molecule has 2 aromatic rings. The largest absolute Gasteiger partial charge is 0.391 e. The zero-order valence-corrected chi connectivity index (χ0v) is 19.3. The van der Waals surface area contributed by atoms with Crippen LogP contribution in [0.4, 0.5) is 5.82 Å². The van der Waals surface area contributed by atoms with Crippen LogP contribution >= 0.6 is 0 Å². The SMILES string of the molecule is Cc1nc2c(c(NCC(O)C34CC5CC(CC(C5)C3)C4)n1)CCN(Cc1ccccc1)C2. The third-order valence-corrected chi connectivity index (χ3v) is 8.76. The summed E-state index contributed by atoms with van der Waals surface area (Å²) in [7, 11) is 0. The van der Waals surface area contributed by atoms with Gasteiger partial charge in [-0.3, -0.25) is 4.90 Å². The molecule has 4 saturated carbocycles. The van der Waals surface area contributed by atoms with Gasteiger partial charge in [0.2, 0.25) is 0 Å². The van der Waals surface area contributed by atoms with Gasteiger partial charge in [0.15, 0.2) is 0 Å². The van der Waals surface area contributed by atoms with Gasteiger partial charge in [-0.1, -0.05) is 30.3 Å². The number of aliphatic hydroxyl groups is 1. The standard InChI is InChI=1S/C27H36N4O/c1-18-29-24-17-31(16-19-5-3-2-4-6-19)8-7-23(24)26(30-18)28-15-25(32)27-12-20-9-21(13-27)11-22(10-20)14-27/h2-6,20-22,25,32H,7-17H2,1H3,(H,28,29,30). The molecule has 1 aromatic carbocycles. The molecule has 4 bridgehead atoms. The van der Waals surface area contributed by atoms with E-state index in [1.807, 2.05) is 6.92 Å². The van der Waals surface area contributed by atoms with Crippen molar-refractivity contribution in [1.82, 2.24) is 14.9 Å². The topological polar surface area (TPSA) is 61.3 Å². The maximum atomic E-state index is 11.3. The minimum atomic E-state index is -0.278. The highest BCUT2D eigenvalue weighted by atomic mass is 16.3. The second-order valence-electron chi connectivity index (χ2n) is 11.2. The number of aliphatic hydroxyl groups excluding tert-OH is 1. The van der Waals surface area contributed by atoms with Gasteiger partial charge in [-0.2, -0.15) is 0 Å². The van der Waals surface area contributed by atoms with Crippen molar-refractivity contribution < 1.29 is 5.11 Å². The molecule has 1 aromatic heterocycles. The zero-order chi connectivity index (χ0) is 21.7. The molecule has 0 amide bonds. The second-order valence-corrected chi connectivity index (χ2v) is 11.2. The van der Waals surface area contributed by atoms with E-state index in [0.29, 0.717) is 6.54 Å². The Hall–Kier alpha value is -1.98. The Morgan fingerprint density at radius 1 is 1.06 bits per heavy atom. The van der Waals surface area contributed by atoms with Crippen LogP contribution in [0, 0.1) is 30.1 Å². The Kier molecular flexibility index (Phi) is 5.22. The fourth-order valence-corrected chi connectivity index (χ4v) is 7.73. The molecule has 5 nitrogen and oxygen atoms in total. The summed E-state index contributed by atoms with van der Waals surface area (Å²) in [6.07, 6.45) is 8.62. The number of benzene rings is 1. The van der Waals surface area contributed by atoms with Crippen LogP contribution in [0.25, 0.3) is 0 Å². The molecule has 0 spiro atoms. The summed E-state index contributed by atoms with van der Waals surface area (Å²) < 4.78 is 0. The van der Waals surface area contributed by atoms with E-state index in [0.717, 1.165) is 61.1 Å².